The molecule has 0 unspecified atom stereocenters. The molecule has 9 aromatic rings. The van der Waals surface area contributed by atoms with Crippen LogP contribution in [0.15, 0.2) is 111 Å². The van der Waals surface area contributed by atoms with Crippen LogP contribution in [0.3, 0.4) is 0 Å². The topological polar surface area (TPSA) is 204 Å². The van der Waals surface area contributed by atoms with Gasteiger partial charge in [0.1, 0.15) is 0 Å². The summed E-state index contributed by atoms with van der Waals surface area (Å²) in [5, 5.41) is 41.8. The van der Waals surface area contributed by atoms with Gasteiger partial charge in [-0.15, -0.1) is 34.0 Å². The van der Waals surface area contributed by atoms with E-state index in [1.165, 1.54) is 51.9 Å². The number of hydrogen-bond acceptors (Lipinski definition) is 13. The fourth-order valence-corrected chi connectivity index (χ4v) is 20.3. The SMILES string of the molecule is COC(=O)c1csc(Br)n1.O=C(O)c1csc(-n2cc3ccccc3n2)n1.O=C(O)c1csc(-n2ncc3ccccc32)n1.[B]B([B])B([B])B(B(B([B])[B])B([B])[B])B(B(B(B([B])[B])B([B])[B])B(B([B])[B])B([B])[B])B(B(B(B([B])[B])B([B])[B])B(B([B])[B])B([B])[B])B(B(B(B([B])[B])B([B])[B])B(B([B])[B])B([B])[B])B(B(B([B])[B])B([B])[B])B(B([B])[B])B([B])[B].c1ccc2[nH]ncc2c1. The quantitative estimate of drug-likeness (QED) is 0.0242. The van der Waals surface area contributed by atoms with Crippen molar-refractivity contribution in [3.63, 3.8) is 0 Å². The summed E-state index contributed by atoms with van der Waals surface area (Å²) in [6.45, 7) is 0. The Labute approximate surface area is 850 Å². The zero-order valence-corrected chi connectivity index (χ0v) is 75.0. The lowest BCUT2D eigenvalue weighted by Crippen LogP contribution is -2.99. The van der Waals surface area contributed by atoms with Crippen molar-refractivity contribution < 1.29 is 29.3 Å². The molecule has 494 valence electrons. The number of halogens is 1. The van der Waals surface area contributed by atoms with Gasteiger partial charge >= 0.3 is 17.9 Å². The number of thiazole rings is 3. The number of carboxylic acids is 2. The Morgan fingerprint density at radius 2 is 0.651 bits per heavy atom. The lowest BCUT2D eigenvalue weighted by molar-refractivity contribution is 0.0593. The molecule has 78 radical (unpaired) electrons. The maximum Gasteiger partial charge on any atom is 0.357 e. The van der Waals surface area contributed by atoms with Gasteiger partial charge in [0, 0.05) is 576 Å². The van der Waals surface area contributed by atoms with Crippen molar-refractivity contribution in [3.8, 4) is 10.3 Å². The van der Waals surface area contributed by atoms with Gasteiger partial charge in [0.2, 0.25) is 10.3 Å². The van der Waals surface area contributed by atoms with Crippen LogP contribution in [0.2, 0.25) is 0 Å². The average Bonchev–Trinajstić information content (AvgIpc) is 1.70. The Morgan fingerprint density at radius 1 is 0.349 bits per heavy atom. The standard InChI is InChI=1S/2C11H7N3O2S.C7H6N2.C5H4BrNO2S.B76/c15-10(16)8-6-17-11(13-8)14-9-4-2-1-3-7(9)5-12-14;15-10(16)9-6-17-11(12-9)14-5-7-3-1-2-4-8(7)13-14;1-2-4-7-6(3-1)5-8-9-7;1-9-4(8)3-2-10-5(6)7-3;1-40(2)59(39)69(60(41(3)4)42(5)6)74(70(61(43(7)8)44(9)10)62(45(11)12)46(13)14)76(73(67(55(31)32)56(33)34)68(57(35)36)58(37)38)75(71(63(47(15)16)48(17)18)64(49(19)20)50(21)22)72(65(51(23)24)52(25)26)66(53(27)28)54(29)30/h2*1-6H,(H,15,16);1-5H,(H,8,9);2H,1H3;. The van der Waals surface area contributed by atoms with Gasteiger partial charge in [-0.1, -0.05) is 54.6 Å². The number of benzene rings is 3. The van der Waals surface area contributed by atoms with Crippen molar-refractivity contribution in [3.05, 3.63) is 129 Å². The number of aromatic nitrogens is 9. The van der Waals surface area contributed by atoms with Gasteiger partial charge in [0.15, 0.2) is 21.0 Å². The van der Waals surface area contributed by atoms with Gasteiger partial charge in [-0.2, -0.15) is 15.3 Å². The van der Waals surface area contributed by atoms with E-state index in [1.807, 2.05) is 85.2 Å². The molecule has 15 nitrogen and oxygen atoms in total. The lowest BCUT2D eigenvalue weighted by Gasteiger charge is -2.61. The third kappa shape index (κ3) is 32.2. The van der Waals surface area contributed by atoms with E-state index in [0.717, 1.165) is 32.7 Å². The largest absolute Gasteiger partial charge is 0.476 e. The number of fused-ring (bicyclic) bond motifs is 3. The first kappa shape index (κ1) is 118. The Morgan fingerprint density at radius 3 is 0.969 bits per heavy atom. The Hall–Kier alpha value is -1.21. The van der Waals surface area contributed by atoms with Crippen LogP contribution in [0.4, 0.5) is 0 Å². The minimum atomic E-state index is -1.85. The molecule has 0 amide bonds. The fourth-order valence-electron chi connectivity index (χ4n) is 17.8. The van der Waals surface area contributed by atoms with Gasteiger partial charge in [0.05, 0.1) is 36.1 Å². The first-order chi connectivity index (χ1) is 60.2. The molecule has 0 aliphatic heterocycles. The van der Waals surface area contributed by atoms with E-state index in [9.17, 15) is 14.4 Å². The Bertz CT molecular complexity index is 4550. The summed E-state index contributed by atoms with van der Waals surface area (Å²) in [4.78, 5) is 44.1. The zero-order chi connectivity index (χ0) is 97.7. The molecule has 0 saturated heterocycles. The maximum atomic E-state index is 10.8. The van der Waals surface area contributed by atoms with Crippen LogP contribution in [0.25, 0.3) is 43.0 Å². The van der Waals surface area contributed by atoms with Crippen molar-refractivity contribution in [1.29, 1.82) is 0 Å². The van der Waals surface area contributed by atoms with Crippen LogP contribution in [0, 0.1) is 0 Å². The molecule has 0 bridgehead atoms. The monoisotopic (exact) mass is 1670 g/mol. The summed E-state index contributed by atoms with van der Waals surface area (Å²) in [6.07, 6.45) is -55.1. The van der Waals surface area contributed by atoms with Crippen LogP contribution >= 0.6 is 49.9 Å². The van der Waals surface area contributed by atoms with E-state index in [-0.39, 0.29) is 11.4 Å². The second-order valence-corrected chi connectivity index (χ2v) is 35.5. The van der Waals surface area contributed by atoms with Crippen LogP contribution in [0.1, 0.15) is 31.5 Å². The molecule has 0 aliphatic carbocycles. The number of nitrogens with zero attached hydrogens (tertiary/aromatic N) is 8. The first-order valence-electron chi connectivity index (χ1n) is 40.0. The molecule has 3 N–H and O–H groups in total. The number of nitrogens with one attached hydrogen (secondary N) is 1. The van der Waals surface area contributed by atoms with Crippen molar-refractivity contribution in [2.45, 2.75) is 0 Å². The highest BCUT2D eigenvalue weighted by Crippen LogP contribution is 2.29. The van der Waals surface area contributed by atoms with E-state index in [1.54, 1.807) is 20.9 Å². The van der Waals surface area contributed by atoms with Crippen molar-refractivity contribution >= 4 is 639 Å². The van der Waals surface area contributed by atoms with E-state index in [2.05, 4.69) is 56.0 Å². The van der Waals surface area contributed by atoms with Crippen LogP contribution in [-0.4, -0.2) is 618 Å². The van der Waals surface area contributed by atoms with Gasteiger partial charge in [0.25, 0.3) is 0 Å². The average molecular weight is 1650 g/mol. The highest BCUT2D eigenvalue weighted by Gasteiger charge is 2.65. The summed E-state index contributed by atoms with van der Waals surface area (Å²) < 4.78 is 8.37. The number of H-pyrrole nitrogens is 1. The van der Waals surface area contributed by atoms with Crippen LogP contribution in [-0.2, 0) is 4.74 Å². The number of carbonyl (C=O) groups is 3. The number of para-hydroxylation sites is 2. The number of carboxylic acid groups (broad SMARTS) is 2. The third-order valence-electron chi connectivity index (χ3n) is 22.9. The van der Waals surface area contributed by atoms with Crippen molar-refractivity contribution in [2.75, 3.05) is 7.11 Å². The highest BCUT2D eigenvalue weighted by molar-refractivity contribution is 9.11. The molecule has 0 fully saturated rings. The molecule has 6 heterocycles. The maximum absolute atomic E-state index is 10.8. The number of aromatic amines is 1. The summed E-state index contributed by atoms with van der Waals surface area (Å²) in [5.41, 5.74) is 3.31. The summed E-state index contributed by atoms with van der Waals surface area (Å²) in [6, 6.07) is 23.4. The zero-order valence-electron chi connectivity index (χ0n) is 71.0. The van der Waals surface area contributed by atoms with E-state index >= 15 is 0 Å². The van der Waals surface area contributed by atoms with Gasteiger partial charge < -0.3 is 14.9 Å². The van der Waals surface area contributed by atoms with Crippen molar-refractivity contribution in [1.82, 2.24) is 44.7 Å². The van der Waals surface area contributed by atoms with Crippen LogP contribution in [0.5, 0.6) is 0 Å². The van der Waals surface area contributed by atoms with E-state index in [4.69, 9.17) is 312 Å². The van der Waals surface area contributed by atoms with E-state index < -0.39 is 254 Å². The molecule has 0 saturated carbocycles. The van der Waals surface area contributed by atoms with E-state index in [0.29, 0.717) is 19.9 Å². The molecule has 0 spiro atoms. The number of esters is 1. The van der Waals surface area contributed by atoms with Gasteiger partial charge in [-0.05, 0) is 34.1 Å². The first-order valence-corrected chi connectivity index (χ1v) is 43.5. The Kier molecular flexibility index (Phi) is 51.1. The fraction of sp³-hybridized carbons (Fsp3) is 0.0294. The number of aromatic carboxylic acids is 2. The predicted octanol–water partition coefficient (Wildman–Crippen LogP) is -21.3. The smallest absolute Gasteiger partial charge is 0.357 e. The molecule has 95 heteroatoms. The summed E-state index contributed by atoms with van der Waals surface area (Å²) >= 11 is 7.00. The van der Waals surface area contributed by atoms with Gasteiger partial charge in [-0.25, -0.2) is 38.7 Å². The lowest BCUT2D eigenvalue weighted by atomic mass is 8.20. The molecule has 6 aromatic heterocycles. The predicted molar refractivity (Wildman–Crippen MR) is 642 cm³/mol. The summed E-state index contributed by atoms with van der Waals surface area (Å²) in [7, 11) is 267. The third-order valence-corrected chi connectivity index (χ3v) is 25.9. The molecule has 0 atom stereocenters. The summed E-state index contributed by atoms with van der Waals surface area (Å²) in [5.74, 6) is -2.45. The molecular weight excluding hydrogens is 1630 g/mol. The molecule has 9 rings (SSSR count). The second-order valence-electron chi connectivity index (χ2n) is 31.7. The highest BCUT2D eigenvalue weighted by atomic mass is 79.9. The number of hydrogen-bond donors (Lipinski definition) is 3. The molecular formula is C34H24B76BrN9O6S3. The second kappa shape index (κ2) is 55.7. The number of carbonyl (C=O) groups excluding carboxylic acids is 1. The number of methoxy groups -OCH3 is 1. The normalized spacial score (nSPS) is 10.1. The minimum Gasteiger partial charge on any atom is -0.476 e. The minimum absolute atomic E-state index is 0.0459. The molecule has 3 aromatic carbocycles. The van der Waals surface area contributed by atoms with Crippen molar-refractivity contribution in [2.24, 2.45) is 0 Å². The molecule has 0 aliphatic rings. The van der Waals surface area contributed by atoms with Gasteiger partial charge in [-0.3, -0.25) is 5.10 Å². The number of rotatable bonds is 41. The number of ether oxygens (including phenoxy) is 1. The molecule has 129 heavy (non-hydrogen) atoms. The van der Waals surface area contributed by atoms with Crippen LogP contribution < -0.4 is 0 Å². The Balaban J connectivity index is 0.000000426.